The zero-order valence-electron chi connectivity index (χ0n) is 24.9. The number of alkyl halides is 3. The summed E-state index contributed by atoms with van der Waals surface area (Å²) in [5.41, 5.74) is -4.54. The number of carbonyl (C=O) groups excluding carboxylic acids is 2. The molecule has 0 radical (unpaired) electrons. The number of benzene rings is 2. The molecule has 2 aromatic carbocycles. The summed E-state index contributed by atoms with van der Waals surface area (Å²) in [5.74, 6) is -1.73. The molecule has 1 aromatic heterocycles. The summed E-state index contributed by atoms with van der Waals surface area (Å²) < 4.78 is 77.5. The van der Waals surface area contributed by atoms with E-state index in [1.54, 1.807) is 20.8 Å². The highest BCUT2D eigenvalue weighted by atomic mass is 32.1. The van der Waals surface area contributed by atoms with Gasteiger partial charge in [0.1, 0.15) is 29.9 Å². The van der Waals surface area contributed by atoms with E-state index in [0.29, 0.717) is 6.07 Å². The van der Waals surface area contributed by atoms with Gasteiger partial charge in [0.25, 0.3) is 5.91 Å². The number of hydrogen-bond acceptors (Lipinski definition) is 10. The van der Waals surface area contributed by atoms with Gasteiger partial charge < -0.3 is 23.8 Å². The van der Waals surface area contributed by atoms with Crippen LogP contribution in [0.5, 0.6) is 11.9 Å². The Morgan fingerprint density at radius 3 is 2.38 bits per heavy atom. The van der Waals surface area contributed by atoms with Crippen molar-refractivity contribution >= 4 is 51.7 Å². The van der Waals surface area contributed by atoms with Gasteiger partial charge in [-0.1, -0.05) is 0 Å². The van der Waals surface area contributed by atoms with Gasteiger partial charge >= 0.3 is 18.3 Å². The average molecular weight is 650 g/mol. The second-order valence-corrected chi connectivity index (χ2v) is 11.5. The van der Waals surface area contributed by atoms with Crippen molar-refractivity contribution < 1.29 is 46.1 Å². The van der Waals surface area contributed by atoms with Crippen LogP contribution in [-0.2, 0) is 20.4 Å². The number of halogens is 4. The number of nitrogens with zero attached hydrogens (tertiary/aromatic N) is 5. The highest BCUT2D eigenvalue weighted by Gasteiger charge is 2.51. The molecule has 0 atom stereocenters. The van der Waals surface area contributed by atoms with Crippen molar-refractivity contribution in [3.63, 3.8) is 0 Å². The number of aromatic nitrogens is 2. The number of methoxy groups -OCH3 is 1. The van der Waals surface area contributed by atoms with E-state index >= 15 is 4.39 Å². The number of anilines is 2. The first-order valence-electron chi connectivity index (χ1n) is 13.2. The fraction of sp³-hybridized carbons (Fsp3) is 0.379. The van der Waals surface area contributed by atoms with Crippen LogP contribution in [0.25, 0.3) is 10.9 Å². The van der Waals surface area contributed by atoms with E-state index in [9.17, 15) is 22.8 Å². The molecule has 1 fully saturated rings. The third-order valence-corrected chi connectivity index (χ3v) is 6.78. The van der Waals surface area contributed by atoms with E-state index in [4.69, 9.17) is 36.4 Å². The minimum Gasteiger partial charge on any atom is -0.473 e. The molecule has 0 aliphatic carbocycles. The fourth-order valence-electron chi connectivity index (χ4n) is 4.46. The first-order chi connectivity index (χ1) is 20.9. The topological polar surface area (TPSA) is 127 Å². The molecule has 0 saturated carbocycles. The van der Waals surface area contributed by atoms with Crippen molar-refractivity contribution in [1.29, 1.82) is 5.26 Å². The summed E-state index contributed by atoms with van der Waals surface area (Å²) in [5, 5.41) is 8.95. The van der Waals surface area contributed by atoms with Gasteiger partial charge in [-0.05, 0) is 77.2 Å². The number of fused-ring (bicyclic) bond motifs is 1. The Morgan fingerprint density at radius 1 is 1.09 bits per heavy atom. The molecule has 238 valence electrons. The molecule has 1 saturated heterocycles. The standard InChI is InChI=1S/C29H27F4N5O6S/c1-27(2,3)44-26(40)43-10-9-42-22-18-11-17(13-20(30)21(18)35-24(36-22)41-6)38-25(45)37(23(39)28(38,4)5)16-8-7-15(14-34)19(12-16)29(31,32)33/h7-8,11-13H,9-10H2,1-6H3. The predicted molar refractivity (Wildman–Crippen MR) is 157 cm³/mol. The summed E-state index contributed by atoms with van der Waals surface area (Å²) in [6.07, 6.45) is -5.80. The van der Waals surface area contributed by atoms with Crippen LogP contribution in [0.1, 0.15) is 45.7 Å². The predicted octanol–water partition coefficient (Wildman–Crippen LogP) is 5.92. The van der Waals surface area contributed by atoms with Crippen LogP contribution in [0, 0.1) is 17.1 Å². The molecule has 0 unspecified atom stereocenters. The first kappa shape index (κ1) is 33.1. The Bertz CT molecular complexity index is 1740. The van der Waals surface area contributed by atoms with Crippen LogP contribution in [0.2, 0.25) is 0 Å². The van der Waals surface area contributed by atoms with E-state index in [-0.39, 0.29) is 52.5 Å². The Labute approximate surface area is 260 Å². The van der Waals surface area contributed by atoms with Crippen LogP contribution in [0.3, 0.4) is 0 Å². The minimum absolute atomic E-state index is 0.0327. The fourth-order valence-corrected chi connectivity index (χ4v) is 4.98. The van der Waals surface area contributed by atoms with Crippen LogP contribution < -0.4 is 19.3 Å². The quantitative estimate of drug-likeness (QED) is 0.131. The Kier molecular flexibility index (Phi) is 8.80. The average Bonchev–Trinajstić information content (AvgIpc) is 3.11. The van der Waals surface area contributed by atoms with Gasteiger partial charge in [-0.2, -0.15) is 28.4 Å². The van der Waals surface area contributed by atoms with Crippen LogP contribution in [0.4, 0.5) is 33.7 Å². The lowest BCUT2D eigenvalue weighted by atomic mass is 10.0. The minimum atomic E-state index is -4.88. The third kappa shape index (κ3) is 6.68. The van der Waals surface area contributed by atoms with Gasteiger partial charge in [0.2, 0.25) is 5.88 Å². The van der Waals surface area contributed by atoms with Gasteiger partial charge in [-0.25, -0.2) is 9.18 Å². The van der Waals surface area contributed by atoms with Crippen LogP contribution in [0.15, 0.2) is 30.3 Å². The van der Waals surface area contributed by atoms with Crippen molar-refractivity contribution in [2.24, 2.45) is 0 Å². The molecular weight excluding hydrogens is 622 g/mol. The zero-order valence-corrected chi connectivity index (χ0v) is 25.7. The molecule has 0 bridgehead atoms. The summed E-state index contributed by atoms with van der Waals surface area (Å²) in [4.78, 5) is 35.8. The lowest BCUT2D eigenvalue weighted by Crippen LogP contribution is -2.44. The second kappa shape index (κ2) is 12.0. The number of carbonyl (C=O) groups is 2. The molecule has 1 aliphatic rings. The maximum Gasteiger partial charge on any atom is 0.508 e. The Hall–Kier alpha value is -4.78. The second-order valence-electron chi connectivity index (χ2n) is 11.2. The van der Waals surface area contributed by atoms with E-state index in [1.807, 2.05) is 0 Å². The Morgan fingerprint density at radius 2 is 1.78 bits per heavy atom. The lowest BCUT2D eigenvalue weighted by molar-refractivity contribution is -0.137. The SMILES string of the molecule is COc1nc(OCCOC(=O)OC(C)(C)C)c2cc(N3C(=S)N(c4ccc(C#N)c(C(F)(F)F)c4)C(=O)C3(C)C)cc(F)c2n1. The molecule has 1 aliphatic heterocycles. The molecule has 0 N–H and O–H groups in total. The number of thiocarbonyl (C=S) groups is 1. The monoisotopic (exact) mass is 649 g/mol. The zero-order chi connectivity index (χ0) is 33.5. The molecule has 4 rings (SSSR count). The van der Waals surface area contributed by atoms with E-state index in [2.05, 4.69) is 9.97 Å². The molecule has 3 aromatic rings. The summed E-state index contributed by atoms with van der Waals surface area (Å²) in [6, 6.07) is 6.49. The molecule has 45 heavy (non-hydrogen) atoms. The number of amides is 1. The number of hydrogen-bond donors (Lipinski definition) is 0. The van der Waals surface area contributed by atoms with Gasteiger partial charge in [0.05, 0.1) is 35.4 Å². The van der Waals surface area contributed by atoms with E-state index < -0.39 is 46.3 Å². The largest absolute Gasteiger partial charge is 0.508 e. The van der Waals surface area contributed by atoms with Gasteiger partial charge in [0, 0.05) is 5.69 Å². The lowest BCUT2D eigenvalue weighted by Gasteiger charge is -2.29. The molecular formula is C29H27F4N5O6S. The first-order valence-corrected chi connectivity index (χ1v) is 13.6. The Balaban J connectivity index is 1.72. The highest BCUT2D eigenvalue weighted by Crippen LogP contribution is 2.41. The molecule has 16 heteroatoms. The van der Waals surface area contributed by atoms with Crippen molar-refractivity contribution in [3.8, 4) is 18.0 Å². The maximum atomic E-state index is 15.6. The smallest absolute Gasteiger partial charge is 0.473 e. The molecule has 1 amide bonds. The van der Waals surface area contributed by atoms with Gasteiger partial charge in [-0.3, -0.25) is 9.69 Å². The van der Waals surface area contributed by atoms with Crippen LogP contribution in [-0.4, -0.2) is 58.6 Å². The normalized spacial score (nSPS) is 14.9. The molecule has 11 nitrogen and oxygen atoms in total. The van der Waals surface area contributed by atoms with Gasteiger partial charge in [-0.15, -0.1) is 0 Å². The maximum absolute atomic E-state index is 15.6. The van der Waals surface area contributed by atoms with Crippen LogP contribution >= 0.6 is 12.2 Å². The highest BCUT2D eigenvalue weighted by molar-refractivity contribution is 7.81. The van der Waals surface area contributed by atoms with Crippen molar-refractivity contribution in [2.45, 2.75) is 51.9 Å². The van der Waals surface area contributed by atoms with Gasteiger partial charge in [0.15, 0.2) is 10.9 Å². The number of ether oxygens (including phenoxy) is 4. The third-order valence-electron chi connectivity index (χ3n) is 6.41. The van der Waals surface area contributed by atoms with Crippen molar-refractivity contribution in [1.82, 2.24) is 9.97 Å². The summed E-state index contributed by atoms with van der Waals surface area (Å²) >= 11 is 5.56. The van der Waals surface area contributed by atoms with E-state index in [1.165, 1.54) is 44.1 Å². The van der Waals surface area contributed by atoms with Crippen molar-refractivity contribution in [3.05, 3.63) is 47.3 Å². The number of rotatable bonds is 7. The summed E-state index contributed by atoms with van der Waals surface area (Å²) in [7, 11) is 1.27. The van der Waals surface area contributed by atoms with E-state index in [0.717, 1.165) is 17.0 Å². The van der Waals surface area contributed by atoms with Crippen molar-refractivity contribution in [2.75, 3.05) is 30.1 Å². The molecule has 0 spiro atoms. The summed E-state index contributed by atoms with van der Waals surface area (Å²) in [6.45, 7) is 7.46. The number of nitriles is 1. The molecule has 2 heterocycles.